The predicted molar refractivity (Wildman–Crippen MR) is 150 cm³/mol. The van der Waals surface area contributed by atoms with Gasteiger partial charge in [-0.25, -0.2) is 8.42 Å². The van der Waals surface area contributed by atoms with Crippen LogP contribution in [0, 0.1) is 6.92 Å². The Morgan fingerprint density at radius 3 is 2.16 bits per heavy atom. The number of nitrogens with one attached hydrogen (secondary N) is 1. The van der Waals surface area contributed by atoms with Crippen molar-refractivity contribution < 1.29 is 18.0 Å². The Bertz CT molecular complexity index is 1330. The number of hydrogen-bond donors (Lipinski definition) is 1. The van der Waals surface area contributed by atoms with Crippen molar-refractivity contribution in [1.82, 2.24) is 10.2 Å². The van der Waals surface area contributed by atoms with Gasteiger partial charge in [-0.3, -0.25) is 13.9 Å². The fourth-order valence-corrected chi connectivity index (χ4v) is 5.55. The first kappa shape index (κ1) is 28.4. The van der Waals surface area contributed by atoms with Crippen LogP contribution in [-0.4, -0.2) is 43.8 Å². The summed E-state index contributed by atoms with van der Waals surface area (Å²) in [7, 11) is -4.07. The molecule has 9 heteroatoms. The number of hydrogen-bond acceptors (Lipinski definition) is 4. The summed E-state index contributed by atoms with van der Waals surface area (Å²) >= 11 is 3.37. The van der Waals surface area contributed by atoms with Gasteiger partial charge in [0, 0.05) is 17.1 Å². The molecule has 1 atom stereocenters. The van der Waals surface area contributed by atoms with Gasteiger partial charge < -0.3 is 10.2 Å². The van der Waals surface area contributed by atoms with E-state index in [1.54, 1.807) is 49.4 Å². The number of anilines is 1. The van der Waals surface area contributed by atoms with Crippen molar-refractivity contribution in [2.24, 2.45) is 0 Å². The lowest BCUT2D eigenvalue weighted by Crippen LogP contribution is -2.52. The highest BCUT2D eigenvalue weighted by molar-refractivity contribution is 9.10. The number of sulfonamides is 1. The van der Waals surface area contributed by atoms with Crippen LogP contribution in [0.4, 0.5) is 5.69 Å². The molecule has 2 amide bonds. The Morgan fingerprint density at radius 2 is 1.57 bits per heavy atom. The molecule has 0 aromatic heterocycles. The highest BCUT2D eigenvalue weighted by Crippen LogP contribution is 2.26. The van der Waals surface area contributed by atoms with Gasteiger partial charge in [-0.15, -0.1) is 0 Å². The summed E-state index contributed by atoms with van der Waals surface area (Å²) in [4.78, 5) is 28.2. The number of benzene rings is 3. The third kappa shape index (κ3) is 7.42. The first-order chi connectivity index (χ1) is 17.5. The molecule has 196 valence electrons. The highest BCUT2D eigenvalue weighted by atomic mass is 79.9. The summed E-state index contributed by atoms with van der Waals surface area (Å²) in [5.41, 5.74) is 2.21. The molecule has 0 radical (unpaired) electrons. The maximum atomic E-state index is 13.8. The quantitative estimate of drug-likeness (QED) is 0.367. The Hall–Kier alpha value is -3.17. The topological polar surface area (TPSA) is 86.8 Å². The molecule has 7 nitrogen and oxygen atoms in total. The SMILES string of the molecule is Cc1cccc(CN(C(=O)CN(c2ccc(Br)cc2)S(=O)(=O)c2ccccc2)[C@H](C)C(=O)NC(C)C)c1. The van der Waals surface area contributed by atoms with Crippen molar-refractivity contribution >= 4 is 43.5 Å². The number of carbonyl (C=O) groups is 2. The molecular weight excluding hydrogens is 554 g/mol. The average Bonchev–Trinajstić information content (AvgIpc) is 2.86. The van der Waals surface area contributed by atoms with Gasteiger partial charge in [-0.1, -0.05) is 64.0 Å². The molecule has 3 aromatic rings. The van der Waals surface area contributed by atoms with E-state index in [-0.39, 0.29) is 23.4 Å². The first-order valence-electron chi connectivity index (χ1n) is 12.0. The minimum atomic E-state index is -4.07. The van der Waals surface area contributed by atoms with Crippen LogP contribution in [0.15, 0.2) is 88.2 Å². The maximum Gasteiger partial charge on any atom is 0.264 e. The van der Waals surface area contributed by atoms with Crippen LogP contribution >= 0.6 is 15.9 Å². The lowest BCUT2D eigenvalue weighted by Gasteiger charge is -2.32. The number of aryl methyl sites for hydroxylation is 1. The van der Waals surface area contributed by atoms with Crippen LogP contribution in [0.2, 0.25) is 0 Å². The van der Waals surface area contributed by atoms with Gasteiger partial charge in [0.2, 0.25) is 11.8 Å². The van der Waals surface area contributed by atoms with Gasteiger partial charge in [0.15, 0.2) is 0 Å². The van der Waals surface area contributed by atoms with Gasteiger partial charge in [0.1, 0.15) is 12.6 Å². The summed E-state index contributed by atoms with van der Waals surface area (Å²) < 4.78 is 29.3. The van der Waals surface area contributed by atoms with Gasteiger partial charge in [-0.2, -0.15) is 0 Å². The second kappa shape index (κ2) is 12.4. The van der Waals surface area contributed by atoms with Crippen LogP contribution in [0.5, 0.6) is 0 Å². The van der Waals surface area contributed by atoms with Gasteiger partial charge in [0.25, 0.3) is 10.0 Å². The second-order valence-corrected chi connectivity index (χ2v) is 11.9. The fourth-order valence-electron chi connectivity index (χ4n) is 3.85. The zero-order valence-electron chi connectivity index (χ0n) is 21.4. The molecule has 0 saturated heterocycles. The number of amides is 2. The van der Waals surface area contributed by atoms with E-state index in [1.807, 2.05) is 45.0 Å². The van der Waals surface area contributed by atoms with E-state index >= 15 is 0 Å². The van der Waals surface area contributed by atoms with E-state index in [4.69, 9.17) is 0 Å². The van der Waals surface area contributed by atoms with Crippen molar-refractivity contribution in [1.29, 1.82) is 0 Å². The molecule has 0 aliphatic rings. The summed E-state index contributed by atoms with van der Waals surface area (Å²) in [6, 6.07) is 21.4. The molecule has 0 aliphatic heterocycles. The van der Waals surface area contributed by atoms with Crippen molar-refractivity contribution in [3.63, 3.8) is 0 Å². The monoisotopic (exact) mass is 585 g/mol. The zero-order valence-corrected chi connectivity index (χ0v) is 23.8. The predicted octanol–water partition coefficient (Wildman–Crippen LogP) is 4.89. The fraction of sp³-hybridized carbons (Fsp3) is 0.286. The second-order valence-electron chi connectivity index (χ2n) is 9.15. The van der Waals surface area contributed by atoms with Crippen LogP contribution in [-0.2, 0) is 26.2 Å². The van der Waals surface area contributed by atoms with Crippen LogP contribution in [0.25, 0.3) is 0 Å². The molecule has 0 heterocycles. The molecule has 37 heavy (non-hydrogen) atoms. The largest absolute Gasteiger partial charge is 0.352 e. The number of carbonyl (C=O) groups excluding carboxylic acids is 2. The molecule has 0 spiro atoms. The molecule has 0 bridgehead atoms. The lowest BCUT2D eigenvalue weighted by molar-refractivity contribution is -0.139. The van der Waals surface area contributed by atoms with E-state index in [0.29, 0.717) is 5.69 Å². The minimum absolute atomic E-state index is 0.0709. The molecule has 0 fully saturated rings. The molecule has 1 N–H and O–H groups in total. The highest BCUT2D eigenvalue weighted by Gasteiger charge is 2.32. The summed E-state index contributed by atoms with van der Waals surface area (Å²) in [6.45, 7) is 6.99. The van der Waals surface area contributed by atoms with E-state index in [9.17, 15) is 18.0 Å². The van der Waals surface area contributed by atoms with Gasteiger partial charge in [-0.05, 0) is 69.7 Å². The zero-order chi connectivity index (χ0) is 27.2. The van der Waals surface area contributed by atoms with E-state index in [0.717, 1.165) is 19.9 Å². The Morgan fingerprint density at radius 1 is 0.919 bits per heavy atom. The van der Waals surface area contributed by atoms with Crippen LogP contribution < -0.4 is 9.62 Å². The molecule has 3 rings (SSSR count). The third-order valence-electron chi connectivity index (χ3n) is 5.76. The third-order valence-corrected chi connectivity index (χ3v) is 8.08. The molecule has 0 aliphatic carbocycles. The number of rotatable bonds is 10. The maximum absolute atomic E-state index is 13.8. The normalized spacial score (nSPS) is 12.2. The summed E-state index contributed by atoms with van der Waals surface area (Å²) in [5.74, 6) is -0.799. The minimum Gasteiger partial charge on any atom is -0.352 e. The molecule has 0 unspecified atom stereocenters. The van der Waals surface area contributed by atoms with Crippen LogP contribution in [0.3, 0.4) is 0 Å². The number of nitrogens with zero attached hydrogens (tertiary/aromatic N) is 2. The number of halogens is 1. The summed E-state index contributed by atoms with van der Waals surface area (Å²) in [5, 5.41) is 2.85. The average molecular weight is 587 g/mol. The van der Waals surface area contributed by atoms with Gasteiger partial charge >= 0.3 is 0 Å². The van der Waals surface area contributed by atoms with Gasteiger partial charge in [0.05, 0.1) is 10.6 Å². The lowest BCUT2D eigenvalue weighted by atomic mass is 10.1. The summed E-state index contributed by atoms with van der Waals surface area (Å²) in [6.07, 6.45) is 0. The van der Waals surface area contributed by atoms with Crippen molar-refractivity contribution in [3.05, 3.63) is 94.5 Å². The van der Waals surface area contributed by atoms with Crippen molar-refractivity contribution in [2.45, 2.75) is 51.2 Å². The molecule has 3 aromatic carbocycles. The van der Waals surface area contributed by atoms with E-state index in [2.05, 4.69) is 21.2 Å². The molecular formula is C28H32BrN3O4S. The smallest absolute Gasteiger partial charge is 0.264 e. The standard InChI is InChI=1S/C28H32BrN3O4S/c1-20(2)30-28(34)22(4)31(18-23-10-8-9-21(3)17-23)27(33)19-32(25-15-13-24(29)14-16-25)37(35,36)26-11-6-5-7-12-26/h5-17,20,22H,18-19H2,1-4H3,(H,30,34)/t22-/m1/s1. The molecule has 0 saturated carbocycles. The van der Waals surface area contributed by atoms with E-state index in [1.165, 1.54) is 17.0 Å². The van der Waals surface area contributed by atoms with E-state index < -0.39 is 28.5 Å². The van der Waals surface area contributed by atoms with Crippen molar-refractivity contribution in [3.8, 4) is 0 Å². The van der Waals surface area contributed by atoms with Crippen LogP contribution in [0.1, 0.15) is 31.9 Å². The first-order valence-corrected chi connectivity index (χ1v) is 14.2. The van der Waals surface area contributed by atoms with Crippen molar-refractivity contribution in [2.75, 3.05) is 10.8 Å². The Kier molecular flexibility index (Phi) is 9.50. The Labute approximate surface area is 227 Å². The Balaban J connectivity index is 2.01.